The molecule has 0 bridgehead atoms. The highest BCUT2D eigenvalue weighted by Crippen LogP contribution is 2.24. The van der Waals surface area contributed by atoms with E-state index < -0.39 is 0 Å². The number of thioether (sulfide) groups is 1. The lowest BCUT2D eigenvalue weighted by atomic mass is 10.0. The largest absolute Gasteiger partial charge is 0.353 e. The lowest BCUT2D eigenvalue weighted by Gasteiger charge is -2.13. The molecule has 0 saturated heterocycles. The van der Waals surface area contributed by atoms with Gasteiger partial charge in [0.05, 0.1) is 11.3 Å². The molecular weight excluding hydrogens is 336 g/mol. The standard InChI is InChI=1S/C18H20N4O2S/c1-10(2)12-6-4-5-7-13(12)20-15(23)9-25-18-21-14-8-11(3)19-16(14)17(24)22-18/h4-8,10,19H,9H2,1-3H3,(H,20,23)(H,21,22,24). The summed E-state index contributed by atoms with van der Waals surface area (Å²) in [7, 11) is 0. The Balaban J connectivity index is 1.70. The fourth-order valence-electron chi connectivity index (χ4n) is 2.64. The molecule has 3 N–H and O–H groups in total. The molecule has 3 rings (SSSR count). The number of H-pyrrole nitrogens is 2. The van der Waals surface area contributed by atoms with Crippen molar-refractivity contribution in [2.24, 2.45) is 0 Å². The Morgan fingerprint density at radius 2 is 2.04 bits per heavy atom. The molecule has 0 aliphatic carbocycles. The van der Waals surface area contributed by atoms with Gasteiger partial charge in [0.2, 0.25) is 5.91 Å². The highest BCUT2D eigenvalue weighted by molar-refractivity contribution is 7.99. The molecule has 0 aliphatic rings. The van der Waals surface area contributed by atoms with Crippen LogP contribution in [0, 0.1) is 6.92 Å². The van der Waals surface area contributed by atoms with E-state index in [1.54, 1.807) is 0 Å². The van der Waals surface area contributed by atoms with Crippen LogP contribution in [0.25, 0.3) is 11.0 Å². The highest BCUT2D eigenvalue weighted by atomic mass is 32.2. The number of carbonyl (C=O) groups excluding carboxylic acids is 1. The smallest absolute Gasteiger partial charge is 0.275 e. The number of aryl methyl sites for hydroxylation is 1. The summed E-state index contributed by atoms with van der Waals surface area (Å²) in [6, 6.07) is 9.58. The van der Waals surface area contributed by atoms with E-state index in [1.165, 1.54) is 11.8 Å². The van der Waals surface area contributed by atoms with Gasteiger partial charge in [0.1, 0.15) is 5.52 Å². The Labute approximate surface area is 149 Å². The van der Waals surface area contributed by atoms with E-state index in [1.807, 2.05) is 37.3 Å². The monoisotopic (exact) mass is 356 g/mol. The van der Waals surface area contributed by atoms with Gasteiger partial charge < -0.3 is 10.3 Å². The van der Waals surface area contributed by atoms with Crippen molar-refractivity contribution >= 4 is 34.4 Å². The molecule has 0 unspecified atom stereocenters. The molecule has 0 aliphatic heterocycles. The van der Waals surface area contributed by atoms with Crippen molar-refractivity contribution in [3.05, 3.63) is 51.9 Å². The second-order valence-electron chi connectivity index (χ2n) is 6.16. The zero-order valence-electron chi connectivity index (χ0n) is 14.3. The molecule has 0 spiro atoms. The van der Waals surface area contributed by atoms with Gasteiger partial charge in [0.15, 0.2) is 5.16 Å². The van der Waals surface area contributed by atoms with Crippen LogP contribution in [0.2, 0.25) is 0 Å². The summed E-state index contributed by atoms with van der Waals surface area (Å²) >= 11 is 1.21. The minimum Gasteiger partial charge on any atom is -0.353 e. The van der Waals surface area contributed by atoms with Gasteiger partial charge in [-0.25, -0.2) is 4.98 Å². The van der Waals surface area contributed by atoms with Gasteiger partial charge in [-0.3, -0.25) is 14.6 Å². The number of aromatic amines is 2. The summed E-state index contributed by atoms with van der Waals surface area (Å²) in [6.07, 6.45) is 0. The molecule has 2 aromatic heterocycles. The molecular formula is C18H20N4O2S. The minimum atomic E-state index is -0.230. The molecule has 2 heterocycles. The van der Waals surface area contributed by atoms with Gasteiger partial charge in [-0.2, -0.15) is 0 Å². The summed E-state index contributed by atoms with van der Waals surface area (Å²) in [5.74, 6) is 0.358. The molecule has 130 valence electrons. The van der Waals surface area contributed by atoms with Crippen LogP contribution in [0.4, 0.5) is 5.69 Å². The molecule has 1 amide bonds. The van der Waals surface area contributed by atoms with Crippen molar-refractivity contribution in [3.63, 3.8) is 0 Å². The van der Waals surface area contributed by atoms with E-state index >= 15 is 0 Å². The van der Waals surface area contributed by atoms with Crippen LogP contribution < -0.4 is 10.9 Å². The summed E-state index contributed by atoms with van der Waals surface area (Å²) in [4.78, 5) is 34.3. The van der Waals surface area contributed by atoms with Crippen molar-refractivity contribution in [1.82, 2.24) is 15.0 Å². The molecule has 1 aromatic carbocycles. The number of benzene rings is 1. The lowest BCUT2D eigenvalue weighted by molar-refractivity contribution is -0.113. The third kappa shape index (κ3) is 3.93. The Bertz CT molecular complexity index is 975. The molecule has 3 aromatic rings. The first-order valence-corrected chi connectivity index (χ1v) is 9.04. The molecule has 7 heteroatoms. The van der Waals surface area contributed by atoms with E-state index in [2.05, 4.69) is 34.1 Å². The number of carbonyl (C=O) groups is 1. The van der Waals surface area contributed by atoms with Crippen molar-refractivity contribution in [2.45, 2.75) is 31.8 Å². The van der Waals surface area contributed by atoms with Crippen LogP contribution in [0.3, 0.4) is 0 Å². The minimum absolute atomic E-state index is 0.133. The van der Waals surface area contributed by atoms with Crippen LogP contribution in [0.5, 0.6) is 0 Å². The number of rotatable bonds is 5. The van der Waals surface area contributed by atoms with Gasteiger partial charge >= 0.3 is 0 Å². The van der Waals surface area contributed by atoms with Crippen molar-refractivity contribution < 1.29 is 4.79 Å². The van der Waals surface area contributed by atoms with Crippen LogP contribution >= 0.6 is 11.8 Å². The Morgan fingerprint density at radius 1 is 1.28 bits per heavy atom. The first kappa shape index (κ1) is 17.3. The van der Waals surface area contributed by atoms with E-state index in [-0.39, 0.29) is 17.2 Å². The third-order valence-corrected chi connectivity index (χ3v) is 4.67. The van der Waals surface area contributed by atoms with Crippen molar-refractivity contribution in [2.75, 3.05) is 11.1 Å². The van der Waals surface area contributed by atoms with E-state index in [0.29, 0.717) is 22.1 Å². The Kier molecular flexibility index (Phi) is 4.94. The number of para-hydroxylation sites is 1. The van der Waals surface area contributed by atoms with Gasteiger partial charge in [-0.1, -0.05) is 43.8 Å². The first-order valence-electron chi connectivity index (χ1n) is 8.05. The molecule has 0 atom stereocenters. The topological polar surface area (TPSA) is 90.6 Å². The van der Waals surface area contributed by atoms with Gasteiger partial charge in [-0.05, 0) is 30.5 Å². The average Bonchev–Trinajstić information content (AvgIpc) is 2.94. The second-order valence-corrected chi connectivity index (χ2v) is 7.13. The Morgan fingerprint density at radius 3 is 2.80 bits per heavy atom. The highest BCUT2D eigenvalue weighted by Gasteiger charge is 2.11. The predicted molar refractivity (Wildman–Crippen MR) is 101 cm³/mol. The third-order valence-electron chi connectivity index (χ3n) is 3.80. The van der Waals surface area contributed by atoms with Crippen LogP contribution in [-0.2, 0) is 4.79 Å². The fourth-order valence-corrected chi connectivity index (χ4v) is 3.30. The molecule has 0 radical (unpaired) electrons. The normalized spacial score (nSPS) is 11.2. The quantitative estimate of drug-likeness (QED) is 0.483. The second kappa shape index (κ2) is 7.14. The van der Waals surface area contributed by atoms with Gasteiger partial charge in [0.25, 0.3) is 5.56 Å². The lowest BCUT2D eigenvalue weighted by Crippen LogP contribution is -2.16. The van der Waals surface area contributed by atoms with E-state index in [9.17, 15) is 9.59 Å². The number of hydrogen-bond donors (Lipinski definition) is 3. The zero-order valence-corrected chi connectivity index (χ0v) is 15.2. The van der Waals surface area contributed by atoms with Crippen LogP contribution in [0.15, 0.2) is 40.3 Å². The first-order chi connectivity index (χ1) is 11.9. The van der Waals surface area contributed by atoms with E-state index in [0.717, 1.165) is 16.9 Å². The number of aromatic nitrogens is 3. The van der Waals surface area contributed by atoms with Gasteiger partial charge in [0, 0.05) is 11.4 Å². The maximum atomic E-state index is 12.3. The summed E-state index contributed by atoms with van der Waals surface area (Å²) in [5, 5.41) is 3.37. The summed E-state index contributed by atoms with van der Waals surface area (Å²) < 4.78 is 0. The van der Waals surface area contributed by atoms with E-state index in [4.69, 9.17) is 0 Å². The maximum Gasteiger partial charge on any atom is 0.275 e. The predicted octanol–water partition coefficient (Wildman–Crippen LogP) is 3.41. The van der Waals surface area contributed by atoms with Crippen molar-refractivity contribution in [3.8, 4) is 0 Å². The molecule has 0 saturated carbocycles. The summed E-state index contributed by atoms with van der Waals surface area (Å²) in [6.45, 7) is 6.04. The zero-order chi connectivity index (χ0) is 18.0. The average molecular weight is 356 g/mol. The molecule has 25 heavy (non-hydrogen) atoms. The van der Waals surface area contributed by atoms with Crippen LogP contribution in [-0.4, -0.2) is 26.6 Å². The number of amides is 1. The fraction of sp³-hybridized carbons (Fsp3) is 0.278. The molecule has 6 nitrogen and oxygen atoms in total. The number of nitrogens with zero attached hydrogens (tertiary/aromatic N) is 1. The number of fused-ring (bicyclic) bond motifs is 1. The van der Waals surface area contributed by atoms with Crippen molar-refractivity contribution in [1.29, 1.82) is 0 Å². The number of hydrogen-bond acceptors (Lipinski definition) is 4. The Hall–Kier alpha value is -2.54. The SMILES string of the molecule is Cc1cc2nc(SCC(=O)Nc3ccccc3C(C)C)[nH]c(=O)c2[nH]1. The maximum absolute atomic E-state index is 12.3. The van der Waals surface area contributed by atoms with Gasteiger partial charge in [-0.15, -0.1) is 0 Å². The summed E-state index contributed by atoms with van der Waals surface area (Å²) in [5.41, 5.74) is 3.62. The molecule has 0 fully saturated rings. The van der Waals surface area contributed by atoms with Crippen LogP contribution in [0.1, 0.15) is 31.0 Å². The number of nitrogens with one attached hydrogen (secondary N) is 3. The number of anilines is 1.